The predicted octanol–water partition coefficient (Wildman–Crippen LogP) is 1.30. The number of halogens is 2. The first-order chi connectivity index (χ1) is 6.09. The number of nitrogens with two attached hydrogens (primary N) is 2. The number of hydrogen-bond donors (Lipinski definition) is 2. The van der Waals surface area contributed by atoms with Crippen molar-refractivity contribution in [3.8, 4) is 0 Å². The van der Waals surface area contributed by atoms with Crippen molar-refractivity contribution in [3.05, 3.63) is 33.8 Å². The molecule has 0 saturated carbocycles. The minimum Gasteiger partial charge on any atom is -0.282 e. The molecule has 1 rings (SSSR count). The van der Waals surface area contributed by atoms with Gasteiger partial charge in [0.1, 0.15) is 0 Å². The third kappa shape index (κ3) is 3.46. The van der Waals surface area contributed by atoms with Crippen LogP contribution in [0, 0.1) is 0 Å². The molecule has 1 aromatic carbocycles. The van der Waals surface area contributed by atoms with Gasteiger partial charge in [0.2, 0.25) is 0 Å². The maximum Gasteiger partial charge on any atom is 0.300 e. The van der Waals surface area contributed by atoms with Crippen LogP contribution in [0.4, 0.5) is 0 Å². The van der Waals surface area contributed by atoms with E-state index < -0.39 is 0 Å². The Morgan fingerprint density at radius 3 is 2.77 bits per heavy atom. The maximum absolute atomic E-state index is 5.92. The highest BCUT2D eigenvalue weighted by Gasteiger charge is 2.04. The van der Waals surface area contributed by atoms with Crippen LogP contribution in [0.2, 0.25) is 10.0 Å². The molecule has 0 heterocycles. The Balaban J connectivity index is 2.75. The summed E-state index contributed by atoms with van der Waals surface area (Å²) in [5.41, 5.74) is 6.25. The molecule has 0 atom stereocenters. The van der Waals surface area contributed by atoms with Crippen molar-refractivity contribution >= 4 is 40.1 Å². The minimum atomic E-state index is 0.330. The van der Waals surface area contributed by atoms with E-state index in [2.05, 4.69) is 0 Å². The Kier molecular flexibility index (Phi) is 3.90. The van der Waals surface area contributed by atoms with Gasteiger partial charge in [-0.2, -0.15) is 0 Å². The number of hydrogen-bond acceptors (Lipinski definition) is 1. The van der Waals surface area contributed by atoms with E-state index in [4.69, 9.17) is 34.3 Å². The largest absolute Gasteiger partial charge is 0.300 e. The van der Waals surface area contributed by atoms with E-state index in [1.54, 1.807) is 18.2 Å². The van der Waals surface area contributed by atoms with Gasteiger partial charge in [0.05, 0.1) is 0 Å². The molecule has 5 heteroatoms. The van der Waals surface area contributed by atoms with Gasteiger partial charge in [-0.05, 0) is 35.5 Å². The summed E-state index contributed by atoms with van der Waals surface area (Å²) >= 11 is 13.0. The molecule has 0 unspecified atom stereocenters. The van der Waals surface area contributed by atoms with Crippen LogP contribution < -0.4 is 11.1 Å². The Labute approximate surface area is 90.9 Å². The van der Waals surface area contributed by atoms with Gasteiger partial charge >= 0.3 is 0 Å². The number of amidine groups is 1. The fourth-order valence-corrected chi connectivity index (χ4v) is 1.83. The van der Waals surface area contributed by atoms with Crippen molar-refractivity contribution < 1.29 is 5.41 Å². The molecule has 4 N–H and O–H groups in total. The van der Waals surface area contributed by atoms with Crippen molar-refractivity contribution in [3.63, 3.8) is 0 Å². The van der Waals surface area contributed by atoms with Crippen LogP contribution in [0.5, 0.6) is 0 Å². The van der Waals surface area contributed by atoms with Crippen molar-refractivity contribution in [1.82, 2.24) is 0 Å². The first kappa shape index (κ1) is 10.7. The van der Waals surface area contributed by atoms with Gasteiger partial charge in [0.15, 0.2) is 0 Å². The van der Waals surface area contributed by atoms with E-state index in [-0.39, 0.29) is 0 Å². The van der Waals surface area contributed by atoms with E-state index in [0.717, 1.165) is 5.56 Å². The Morgan fingerprint density at radius 1 is 1.46 bits per heavy atom. The molecular formula is C8H9Cl2N2S+. The summed E-state index contributed by atoms with van der Waals surface area (Å²) < 4.78 is 0. The van der Waals surface area contributed by atoms with Crippen LogP contribution in [0.25, 0.3) is 0 Å². The lowest BCUT2D eigenvalue weighted by atomic mass is 10.2. The predicted molar refractivity (Wildman–Crippen MR) is 58.9 cm³/mol. The SMILES string of the molecule is NC(=[NH2+])SCc1cc(Cl)ccc1Cl. The summed E-state index contributed by atoms with van der Waals surface area (Å²) in [6.07, 6.45) is 0. The minimum absolute atomic E-state index is 0.330. The molecule has 0 amide bonds. The summed E-state index contributed by atoms with van der Waals surface area (Å²) in [5, 5.41) is 6.98. The summed E-state index contributed by atoms with van der Waals surface area (Å²) in [5.74, 6) is 0.641. The third-order valence-electron chi connectivity index (χ3n) is 1.40. The van der Waals surface area contributed by atoms with Gasteiger partial charge in [-0.3, -0.25) is 11.1 Å². The second kappa shape index (κ2) is 4.74. The van der Waals surface area contributed by atoms with Crippen LogP contribution in [-0.4, -0.2) is 5.17 Å². The maximum atomic E-state index is 5.92. The first-order valence-electron chi connectivity index (χ1n) is 3.54. The highest BCUT2D eigenvalue weighted by atomic mass is 35.5. The zero-order chi connectivity index (χ0) is 9.84. The second-order valence-corrected chi connectivity index (χ2v) is 4.32. The van der Waals surface area contributed by atoms with Gasteiger partial charge in [-0.15, -0.1) is 0 Å². The molecular weight excluding hydrogens is 227 g/mol. The standard InChI is InChI=1S/C8H8Cl2N2S/c9-6-1-2-7(10)5(3-6)4-13-8(11)12/h1-3H,4H2,(H3,11,12)/p+1. The topological polar surface area (TPSA) is 51.6 Å². The van der Waals surface area contributed by atoms with E-state index in [1.165, 1.54) is 11.8 Å². The summed E-state index contributed by atoms with van der Waals surface area (Å²) in [4.78, 5) is 0. The lowest BCUT2D eigenvalue weighted by Crippen LogP contribution is -2.43. The van der Waals surface area contributed by atoms with Crippen molar-refractivity contribution in [2.24, 2.45) is 5.73 Å². The monoisotopic (exact) mass is 235 g/mol. The molecule has 0 bridgehead atoms. The van der Waals surface area contributed by atoms with E-state index >= 15 is 0 Å². The summed E-state index contributed by atoms with van der Waals surface area (Å²) in [6, 6.07) is 5.31. The first-order valence-corrected chi connectivity index (χ1v) is 5.28. The van der Waals surface area contributed by atoms with E-state index in [9.17, 15) is 0 Å². The summed E-state index contributed by atoms with van der Waals surface area (Å²) in [7, 11) is 0. The van der Waals surface area contributed by atoms with Crippen molar-refractivity contribution in [2.75, 3.05) is 0 Å². The lowest BCUT2D eigenvalue weighted by Gasteiger charge is -2.01. The van der Waals surface area contributed by atoms with Gasteiger partial charge in [-0.1, -0.05) is 23.2 Å². The number of rotatable bonds is 2. The van der Waals surface area contributed by atoms with E-state index in [0.29, 0.717) is 21.0 Å². The van der Waals surface area contributed by atoms with Crippen molar-refractivity contribution in [2.45, 2.75) is 5.75 Å². The zero-order valence-electron chi connectivity index (χ0n) is 6.76. The molecule has 0 saturated heterocycles. The zero-order valence-corrected chi connectivity index (χ0v) is 9.09. The normalized spacial score (nSPS) is 10.0. The quantitative estimate of drug-likeness (QED) is 0.600. The smallest absolute Gasteiger partial charge is 0.282 e. The van der Waals surface area contributed by atoms with Crippen LogP contribution >= 0.6 is 35.0 Å². The number of thioether (sulfide) groups is 1. The summed E-state index contributed by atoms with van der Waals surface area (Å²) in [6.45, 7) is 0. The highest BCUT2D eigenvalue weighted by Crippen LogP contribution is 2.23. The molecule has 0 aliphatic carbocycles. The van der Waals surface area contributed by atoms with Crippen LogP contribution in [-0.2, 0) is 5.75 Å². The molecule has 0 fully saturated rings. The Bertz CT molecular complexity index is 328. The Morgan fingerprint density at radius 2 is 2.15 bits per heavy atom. The van der Waals surface area contributed by atoms with E-state index in [1.807, 2.05) is 0 Å². The molecule has 2 nitrogen and oxygen atoms in total. The number of benzene rings is 1. The molecule has 13 heavy (non-hydrogen) atoms. The van der Waals surface area contributed by atoms with Gasteiger partial charge in [0.25, 0.3) is 5.17 Å². The molecule has 70 valence electrons. The molecule has 0 radical (unpaired) electrons. The fourth-order valence-electron chi connectivity index (χ4n) is 0.815. The lowest BCUT2D eigenvalue weighted by molar-refractivity contribution is -0.110. The second-order valence-electron chi connectivity index (χ2n) is 2.43. The molecule has 0 aliphatic heterocycles. The Hall–Kier alpha value is -0.380. The molecule has 0 aliphatic rings. The van der Waals surface area contributed by atoms with Crippen LogP contribution in [0.15, 0.2) is 18.2 Å². The third-order valence-corrected chi connectivity index (χ3v) is 2.79. The van der Waals surface area contributed by atoms with Crippen LogP contribution in [0.1, 0.15) is 5.56 Å². The molecule has 0 aromatic heterocycles. The molecule has 0 spiro atoms. The fraction of sp³-hybridized carbons (Fsp3) is 0.125. The van der Waals surface area contributed by atoms with Crippen LogP contribution in [0.3, 0.4) is 0 Å². The van der Waals surface area contributed by atoms with Gasteiger partial charge in [0, 0.05) is 15.8 Å². The average molecular weight is 236 g/mol. The highest BCUT2D eigenvalue weighted by molar-refractivity contribution is 8.12. The van der Waals surface area contributed by atoms with Gasteiger partial charge < -0.3 is 0 Å². The molecule has 1 aromatic rings. The van der Waals surface area contributed by atoms with Gasteiger partial charge in [-0.25, -0.2) is 0 Å². The average Bonchev–Trinajstić information content (AvgIpc) is 2.06. The van der Waals surface area contributed by atoms with Crippen molar-refractivity contribution in [1.29, 1.82) is 0 Å².